The van der Waals surface area contributed by atoms with E-state index in [1.165, 1.54) is 19.1 Å². The molecule has 0 radical (unpaired) electrons. The number of halogens is 1. The van der Waals surface area contributed by atoms with Crippen molar-refractivity contribution in [3.63, 3.8) is 0 Å². The molecule has 0 bridgehead atoms. The summed E-state index contributed by atoms with van der Waals surface area (Å²) in [5, 5.41) is 11.6. The largest absolute Gasteiger partial charge is 0.507 e. The number of aliphatic hydroxyl groups is 1. The standard InChI is InChI=1S/C24H27ClN2O5/c1-26(2)12-5-13-27-21(16-8-11-18(31-3)19(14-16)32-4)20(23(29)24(27)30)22(28)15-6-9-17(25)10-7-15/h6-11,14,21,28H,5,12-13H2,1-4H3/b22-20+/t21-/m0/s1. The van der Waals surface area contributed by atoms with Crippen molar-refractivity contribution in [1.29, 1.82) is 0 Å². The fourth-order valence-corrected chi connectivity index (χ4v) is 3.93. The van der Waals surface area contributed by atoms with Gasteiger partial charge in [-0.2, -0.15) is 0 Å². The minimum Gasteiger partial charge on any atom is -0.507 e. The summed E-state index contributed by atoms with van der Waals surface area (Å²) in [4.78, 5) is 29.6. The summed E-state index contributed by atoms with van der Waals surface area (Å²) in [6.07, 6.45) is 0.671. The minimum atomic E-state index is -0.757. The molecule has 2 aromatic carbocycles. The summed E-state index contributed by atoms with van der Waals surface area (Å²) in [5.41, 5.74) is 1.09. The molecule has 0 unspecified atom stereocenters. The number of hydrogen-bond acceptors (Lipinski definition) is 6. The van der Waals surface area contributed by atoms with Crippen LogP contribution >= 0.6 is 11.6 Å². The van der Waals surface area contributed by atoms with Crippen molar-refractivity contribution in [1.82, 2.24) is 9.80 Å². The van der Waals surface area contributed by atoms with Gasteiger partial charge in [0.1, 0.15) is 5.76 Å². The van der Waals surface area contributed by atoms with Crippen LogP contribution in [0.5, 0.6) is 11.5 Å². The molecule has 0 saturated carbocycles. The maximum Gasteiger partial charge on any atom is 0.295 e. The summed E-state index contributed by atoms with van der Waals surface area (Å²) < 4.78 is 10.7. The number of carbonyl (C=O) groups is 2. The van der Waals surface area contributed by atoms with Gasteiger partial charge in [-0.25, -0.2) is 0 Å². The van der Waals surface area contributed by atoms with E-state index in [4.69, 9.17) is 21.1 Å². The van der Waals surface area contributed by atoms with E-state index in [0.29, 0.717) is 40.6 Å². The van der Waals surface area contributed by atoms with Crippen LogP contribution in [0.3, 0.4) is 0 Å². The molecule has 1 fully saturated rings. The van der Waals surface area contributed by atoms with Gasteiger partial charge < -0.3 is 24.4 Å². The first-order chi connectivity index (χ1) is 15.3. The molecular weight excluding hydrogens is 432 g/mol. The van der Waals surface area contributed by atoms with Crippen LogP contribution in [0.2, 0.25) is 5.02 Å². The Balaban J connectivity index is 2.13. The number of carbonyl (C=O) groups excluding carboxylic acids is 2. The number of aliphatic hydroxyl groups excluding tert-OH is 1. The number of ketones is 1. The molecule has 170 valence electrons. The number of Topliss-reactive ketones (excluding diaryl/α,β-unsaturated/α-hetero) is 1. The molecule has 0 spiro atoms. The van der Waals surface area contributed by atoms with Gasteiger partial charge in [0.25, 0.3) is 11.7 Å². The van der Waals surface area contributed by atoms with E-state index in [1.54, 1.807) is 42.5 Å². The maximum absolute atomic E-state index is 13.1. The smallest absolute Gasteiger partial charge is 0.295 e. The molecule has 0 aliphatic carbocycles. The van der Waals surface area contributed by atoms with E-state index in [9.17, 15) is 14.7 Å². The number of hydrogen-bond donors (Lipinski definition) is 1. The average Bonchev–Trinajstić information content (AvgIpc) is 3.03. The Morgan fingerprint density at radius 1 is 1.06 bits per heavy atom. The number of benzene rings is 2. The van der Waals surface area contributed by atoms with E-state index in [1.807, 2.05) is 19.0 Å². The lowest BCUT2D eigenvalue weighted by Crippen LogP contribution is -2.32. The highest BCUT2D eigenvalue weighted by molar-refractivity contribution is 6.46. The third kappa shape index (κ3) is 4.74. The molecular formula is C24H27ClN2O5. The quantitative estimate of drug-likeness (QED) is 0.369. The van der Waals surface area contributed by atoms with Gasteiger partial charge in [0.15, 0.2) is 11.5 Å². The Kier molecular flexibility index (Phi) is 7.43. The number of nitrogens with zero attached hydrogens (tertiary/aromatic N) is 2. The molecule has 1 N–H and O–H groups in total. The Morgan fingerprint density at radius 3 is 2.31 bits per heavy atom. The maximum atomic E-state index is 13.1. The van der Waals surface area contributed by atoms with E-state index in [-0.39, 0.29) is 11.3 Å². The average molecular weight is 459 g/mol. The number of rotatable bonds is 8. The summed E-state index contributed by atoms with van der Waals surface area (Å²) in [7, 11) is 6.94. The van der Waals surface area contributed by atoms with Crippen molar-refractivity contribution >= 4 is 29.1 Å². The molecule has 1 saturated heterocycles. The predicted molar refractivity (Wildman–Crippen MR) is 123 cm³/mol. The predicted octanol–water partition coefficient (Wildman–Crippen LogP) is 3.73. The highest BCUT2D eigenvalue weighted by Crippen LogP contribution is 2.42. The SMILES string of the molecule is COc1ccc([C@H]2/C(=C(\O)c3ccc(Cl)cc3)C(=O)C(=O)N2CCCN(C)C)cc1OC. The van der Waals surface area contributed by atoms with Gasteiger partial charge >= 0.3 is 0 Å². The zero-order valence-corrected chi connectivity index (χ0v) is 19.3. The molecule has 0 aromatic heterocycles. The van der Waals surface area contributed by atoms with Gasteiger partial charge in [-0.3, -0.25) is 9.59 Å². The van der Waals surface area contributed by atoms with Crippen LogP contribution < -0.4 is 9.47 Å². The minimum absolute atomic E-state index is 0.0365. The van der Waals surface area contributed by atoms with Crippen molar-refractivity contribution < 1.29 is 24.2 Å². The fraction of sp³-hybridized carbons (Fsp3) is 0.333. The van der Waals surface area contributed by atoms with E-state index < -0.39 is 17.7 Å². The second-order valence-corrected chi connectivity index (χ2v) is 8.21. The molecule has 1 amide bonds. The Hall–Kier alpha value is -3.03. The molecule has 7 nitrogen and oxygen atoms in total. The third-order valence-corrected chi connectivity index (χ3v) is 5.64. The van der Waals surface area contributed by atoms with Gasteiger partial charge in [-0.15, -0.1) is 0 Å². The number of methoxy groups -OCH3 is 2. The van der Waals surface area contributed by atoms with Crippen LogP contribution in [0, 0.1) is 0 Å². The Morgan fingerprint density at radius 2 is 1.72 bits per heavy atom. The Labute approximate surface area is 192 Å². The number of ether oxygens (including phenoxy) is 2. The van der Waals surface area contributed by atoms with Crippen molar-refractivity contribution in [2.24, 2.45) is 0 Å². The van der Waals surface area contributed by atoms with Crippen molar-refractivity contribution in [3.8, 4) is 11.5 Å². The van der Waals surface area contributed by atoms with Crippen LogP contribution in [0.4, 0.5) is 0 Å². The van der Waals surface area contributed by atoms with Crippen LogP contribution in [-0.2, 0) is 9.59 Å². The lowest BCUT2D eigenvalue weighted by atomic mass is 9.95. The zero-order valence-electron chi connectivity index (χ0n) is 18.6. The number of likely N-dealkylation sites (tertiary alicyclic amines) is 1. The second kappa shape index (κ2) is 10.1. The van der Waals surface area contributed by atoms with Crippen LogP contribution in [0.25, 0.3) is 5.76 Å². The van der Waals surface area contributed by atoms with Crippen molar-refractivity contribution in [2.75, 3.05) is 41.4 Å². The normalized spacial score (nSPS) is 17.8. The highest BCUT2D eigenvalue weighted by atomic mass is 35.5. The Bertz CT molecular complexity index is 1030. The molecule has 1 atom stereocenters. The van der Waals surface area contributed by atoms with E-state index >= 15 is 0 Å². The van der Waals surface area contributed by atoms with Gasteiger partial charge in [0.2, 0.25) is 0 Å². The lowest BCUT2D eigenvalue weighted by Gasteiger charge is -2.26. The van der Waals surface area contributed by atoms with Crippen molar-refractivity contribution in [2.45, 2.75) is 12.5 Å². The topological polar surface area (TPSA) is 79.3 Å². The summed E-state index contributed by atoms with van der Waals surface area (Å²) >= 11 is 5.96. The van der Waals surface area contributed by atoms with Gasteiger partial charge in [0, 0.05) is 17.1 Å². The first kappa shape index (κ1) is 23.6. The van der Waals surface area contributed by atoms with E-state index in [2.05, 4.69) is 0 Å². The lowest BCUT2D eigenvalue weighted by molar-refractivity contribution is -0.139. The molecule has 1 aliphatic rings. The summed E-state index contributed by atoms with van der Waals surface area (Å²) in [5.74, 6) is -0.607. The molecule has 3 rings (SSSR count). The van der Waals surface area contributed by atoms with Crippen LogP contribution in [0.1, 0.15) is 23.6 Å². The van der Waals surface area contributed by atoms with Crippen molar-refractivity contribution in [3.05, 3.63) is 64.2 Å². The van der Waals surface area contributed by atoms with Gasteiger partial charge in [-0.1, -0.05) is 17.7 Å². The third-order valence-electron chi connectivity index (χ3n) is 5.39. The summed E-state index contributed by atoms with van der Waals surface area (Å²) in [6.45, 7) is 1.11. The molecule has 1 heterocycles. The zero-order chi connectivity index (χ0) is 23.4. The molecule has 8 heteroatoms. The monoisotopic (exact) mass is 458 g/mol. The van der Waals surface area contributed by atoms with Gasteiger partial charge in [-0.05, 0) is 69.0 Å². The molecule has 2 aromatic rings. The van der Waals surface area contributed by atoms with E-state index in [0.717, 1.165) is 6.54 Å². The van der Waals surface area contributed by atoms with Crippen LogP contribution in [-0.4, -0.2) is 68.0 Å². The second-order valence-electron chi connectivity index (χ2n) is 7.77. The first-order valence-electron chi connectivity index (χ1n) is 10.2. The summed E-state index contributed by atoms with van der Waals surface area (Å²) in [6, 6.07) is 10.9. The van der Waals surface area contributed by atoms with Gasteiger partial charge in [0.05, 0.1) is 25.8 Å². The first-order valence-corrected chi connectivity index (χ1v) is 10.6. The number of amides is 1. The highest BCUT2D eigenvalue weighted by Gasteiger charge is 2.46. The molecule has 32 heavy (non-hydrogen) atoms. The fourth-order valence-electron chi connectivity index (χ4n) is 3.80. The molecule has 1 aliphatic heterocycles. The van der Waals surface area contributed by atoms with Crippen LogP contribution in [0.15, 0.2) is 48.0 Å².